The van der Waals surface area contributed by atoms with E-state index in [9.17, 15) is 0 Å². The summed E-state index contributed by atoms with van der Waals surface area (Å²) in [5.41, 5.74) is 1.23. The summed E-state index contributed by atoms with van der Waals surface area (Å²) in [6, 6.07) is 4.26. The minimum Gasteiger partial charge on any atom is -0.357 e. The zero-order valence-electron chi connectivity index (χ0n) is 15.8. The number of halogens is 1. The lowest BCUT2D eigenvalue weighted by Gasteiger charge is -2.28. The fraction of sp³-hybridized carbons (Fsp3) is 0.667. The third-order valence-corrected chi connectivity index (χ3v) is 5.66. The average molecular weight is 477 g/mol. The van der Waals surface area contributed by atoms with E-state index in [4.69, 9.17) is 0 Å². The number of nitrogens with zero attached hydrogens (tertiary/aromatic N) is 3. The second-order valence-corrected chi connectivity index (χ2v) is 8.33. The predicted octanol–water partition coefficient (Wildman–Crippen LogP) is 3.50. The predicted molar refractivity (Wildman–Crippen MR) is 122 cm³/mol. The van der Waals surface area contributed by atoms with E-state index in [1.54, 1.807) is 0 Å². The van der Waals surface area contributed by atoms with Crippen LogP contribution in [0, 0.1) is 0 Å². The van der Waals surface area contributed by atoms with Crippen LogP contribution < -0.4 is 15.5 Å². The molecular weight excluding hydrogens is 445 g/mol. The SMILES string of the molecule is CN=C(NCc1ccnc(N2CCCCC2)c1)NCC(C)(C)SC.I. The van der Waals surface area contributed by atoms with E-state index in [0.717, 1.165) is 38.0 Å². The highest BCUT2D eigenvalue weighted by atomic mass is 127. The van der Waals surface area contributed by atoms with E-state index >= 15 is 0 Å². The summed E-state index contributed by atoms with van der Waals surface area (Å²) in [6.45, 7) is 8.33. The molecule has 2 heterocycles. The van der Waals surface area contributed by atoms with Gasteiger partial charge in [-0.1, -0.05) is 0 Å². The van der Waals surface area contributed by atoms with Crippen LogP contribution in [0.5, 0.6) is 0 Å². The van der Waals surface area contributed by atoms with Crippen LogP contribution in [0.25, 0.3) is 0 Å². The molecule has 1 saturated heterocycles. The first-order valence-corrected chi connectivity index (χ1v) is 9.96. The molecule has 1 aromatic heterocycles. The number of thioether (sulfide) groups is 1. The lowest BCUT2D eigenvalue weighted by molar-refractivity contribution is 0.573. The molecule has 0 amide bonds. The number of piperidine rings is 1. The zero-order valence-corrected chi connectivity index (χ0v) is 19.0. The van der Waals surface area contributed by atoms with Crippen molar-refractivity contribution >= 4 is 47.5 Å². The molecule has 2 rings (SSSR count). The molecule has 0 unspecified atom stereocenters. The van der Waals surface area contributed by atoms with Gasteiger partial charge in [0, 0.05) is 44.2 Å². The Morgan fingerprint density at radius 3 is 2.64 bits per heavy atom. The lowest BCUT2D eigenvalue weighted by Crippen LogP contribution is -2.43. The topological polar surface area (TPSA) is 52.6 Å². The van der Waals surface area contributed by atoms with E-state index in [-0.39, 0.29) is 28.7 Å². The number of aromatic nitrogens is 1. The fourth-order valence-electron chi connectivity index (χ4n) is 2.64. The summed E-state index contributed by atoms with van der Waals surface area (Å²) in [5, 5.41) is 6.80. The van der Waals surface area contributed by atoms with Gasteiger partial charge in [0.25, 0.3) is 0 Å². The molecule has 0 saturated carbocycles. The maximum absolute atomic E-state index is 4.54. The molecule has 0 aromatic carbocycles. The van der Waals surface area contributed by atoms with Crippen molar-refractivity contribution in [1.29, 1.82) is 0 Å². The third-order valence-electron chi connectivity index (χ3n) is 4.41. The van der Waals surface area contributed by atoms with E-state index in [1.165, 1.54) is 24.8 Å². The molecule has 1 aromatic rings. The molecule has 0 spiro atoms. The number of pyridine rings is 1. The van der Waals surface area contributed by atoms with E-state index in [0.29, 0.717) is 0 Å². The second-order valence-electron chi connectivity index (χ2n) is 6.81. The van der Waals surface area contributed by atoms with Crippen molar-refractivity contribution < 1.29 is 0 Å². The van der Waals surface area contributed by atoms with Crippen LogP contribution >= 0.6 is 35.7 Å². The number of anilines is 1. The van der Waals surface area contributed by atoms with Crippen molar-refractivity contribution in [1.82, 2.24) is 15.6 Å². The highest BCUT2D eigenvalue weighted by molar-refractivity contribution is 14.0. The standard InChI is InChI=1S/C18H31N5S.HI/c1-18(2,24-4)14-22-17(19-3)21-13-15-8-9-20-16(12-15)23-10-6-5-7-11-23;/h8-9,12H,5-7,10-11,13-14H2,1-4H3,(H2,19,21,22);1H. The van der Waals surface area contributed by atoms with E-state index in [1.807, 2.05) is 25.0 Å². The molecule has 0 radical (unpaired) electrons. The molecule has 0 bridgehead atoms. The first-order chi connectivity index (χ1) is 11.5. The van der Waals surface area contributed by atoms with Crippen LogP contribution in [-0.2, 0) is 6.54 Å². The Kier molecular flexibility index (Phi) is 9.92. The van der Waals surface area contributed by atoms with Crippen molar-refractivity contribution in [2.45, 2.75) is 44.4 Å². The molecule has 5 nitrogen and oxygen atoms in total. The van der Waals surface area contributed by atoms with Gasteiger partial charge in [-0.15, -0.1) is 24.0 Å². The van der Waals surface area contributed by atoms with Crippen LogP contribution in [0.15, 0.2) is 23.3 Å². The Balaban J connectivity index is 0.00000312. The molecular formula is C18H32IN5S. The Morgan fingerprint density at radius 1 is 1.28 bits per heavy atom. The quantitative estimate of drug-likeness (QED) is 0.373. The molecule has 1 aliphatic rings. The number of guanidine groups is 1. The van der Waals surface area contributed by atoms with Crippen molar-refractivity contribution in [3.63, 3.8) is 0 Å². The van der Waals surface area contributed by atoms with Crippen LogP contribution in [0.2, 0.25) is 0 Å². The summed E-state index contributed by atoms with van der Waals surface area (Å²) >= 11 is 1.85. The maximum atomic E-state index is 4.54. The summed E-state index contributed by atoms with van der Waals surface area (Å²) in [5.74, 6) is 1.94. The van der Waals surface area contributed by atoms with Gasteiger partial charge in [-0.2, -0.15) is 11.8 Å². The Bertz CT molecular complexity index is 544. The summed E-state index contributed by atoms with van der Waals surface area (Å²) in [7, 11) is 1.81. The Morgan fingerprint density at radius 2 is 2.00 bits per heavy atom. The molecule has 1 fully saturated rings. The first-order valence-electron chi connectivity index (χ1n) is 8.73. The molecule has 2 N–H and O–H groups in total. The average Bonchev–Trinajstić information content (AvgIpc) is 2.63. The van der Waals surface area contributed by atoms with Gasteiger partial charge < -0.3 is 15.5 Å². The van der Waals surface area contributed by atoms with E-state index in [2.05, 4.69) is 57.7 Å². The molecule has 0 aliphatic carbocycles. The number of rotatable bonds is 6. The van der Waals surface area contributed by atoms with Crippen LogP contribution in [-0.4, -0.2) is 48.6 Å². The van der Waals surface area contributed by atoms with Gasteiger partial charge in [-0.25, -0.2) is 4.98 Å². The molecule has 1 aliphatic heterocycles. The van der Waals surface area contributed by atoms with Gasteiger partial charge in [0.15, 0.2) is 5.96 Å². The molecule has 25 heavy (non-hydrogen) atoms. The summed E-state index contributed by atoms with van der Waals surface area (Å²) < 4.78 is 0.190. The highest BCUT2D eigenvalue weighted by Crippen LogP contribution is 2.20. The van der Waals surface area contributed by atoms with Crippen LogP contribution in [0.3, 0.4) is 0 Å². The normalized spacial score (nSPS) is 15.5. The number of nitrogens with one attached hydrogen (secondary N) is 2. The van der Waals surface area contributed by atoms with Gasteiger partial charge in [0.2, 0.25) is 0 Å². The minimum absolute atomic E-state index is 0. The molecule has 142 valence electrons. The second kappa shape index (κ2) is 11.1. The van der Waals surface area contributed by atoms with E-state index < -0.39 is 0 Å². The van der Waals surface area contributed by atoms with Gasteiger partial charge in [0.05, 0.1) is 0 Å². The van der Waals surface area contributed by atoms with Crippen LogP contribution in [0.4, 0.5) is 5.82 Å². The summed E-state index contributed by atoms with van der Waals surface area (Å²) in [6.07, 6.45) is 7.93. The van der Waals surface area contributed by atoms with Gasteiger partial charge >= 0.3 is 0 Å². The molecule has 0 atom stereocenters. The van der Waals surface area contributed by atoms with Gasteiger partial charge in [-0.05, 0) is 57.1 Å². The first kappa shape index (κ1) is 22.3. The van der Waals surface area contributed by atoms with Crippen molar-refractivity contribution in [2.24, 2.45) is 4.99 Å². The van der Waals surface area contributed by atoms with Crippen molar-refractivity contribution in [3.05, 3.63) is 23.9 Å². The number of hydrogen-bond donors (Lipinski definition) is 2. The summed E-state index contributed by atoms with van der Waals surface area (Å²) in [4.78, 5) is 11.2. The Labute approximate surface area is 173 Å². The monoisotopic (exact) mass is 477 g/mol. The third kappa shape index (κ3) is 7.60. The van der Waals surface area contributed by atoms with Crippen molar-refractivity contribution in [2.75, 3.05) is 37.8 Å². The zero-order chi connectivity index (χ0) is 17.4. The number of hydrogen-bond acceptors (Lipinski definition) is 4. The maximum Gasteiger partial charge on any atom is 0.191 e. The van der Waals surface area contributed by atoms with Gasteiger partial charge in [0.1, 0.15) is 5.82 Å². The highest BCUT2D eigenvalue weighted by Gasteiger charge is 2.16. The lowest BCUT2D eigenvalue weighted by atomic mass is 10.1. The fourth-order valence-corrected chi connectivity index (χ4v) is 2.86. The smallest absolute Gasteiger partial charge is 0.191 e. The molecule has 7 heteroatoms. The van der Waals surface area contributed by atoms with Gasteiger partial charge in [-0.3, -0.25) is 4.99 Å². The van der Waals surface area contributed by atoms with Crippen LogP contribution in [0.1, 0.15) is 38.7 Å². The Hall–Kier alpha value is -0.700. The van der Waals surface area contributed by atoms with Crippen molar-refractivity contribution in [3.8, 4) is 0 Å². The number of aliphatic imine (C=N–C) groups is 1. The minimum atomic E-state index is 0. The largest absolute Gasteiger partial charge is 0.357 e.